The van der Waals surface area contributed by atoms with Gasteiger partial charge in [-0.1, -0.05) is 48.5 Å². The lowest BCUT2D eigenvalue weighted by Gasteiger charge is -2.08. The first-order valence-electron chi connectivity index (χ1n) is 6.28. The number of aromatic nitrogens is 2. The van der Waals surface area contributed by atoms with Crippen LogP contribution >= 0.6 is 23.4 Å². The van der Waals surface area contributed by atoms with Gasteiger partial charge in [0.15, 0.2) is 10.9 Å². The Morgan fingerprint density at radius 1 is 1.45 bits per heavy atom. The molecule has 0 saturated heterocycles. The van der Waals surface area contributed by atoms with E-state index >= 15 is 0 Å². The van der Waals surface area contributed by atoms with Gasteiger partial charge in [-0.15, -0.1) is 0 Å². The van der Waals surface area contributed by atoms with Gasteiger partial charge in [-0.2, -0.15) is 0 Å². The summed E-state index contributed by atoms with van der Waals surface area (Å²) < 4.78 is 1.84. The summed E-state index contributed by atoms with van der Waals surface area (Å²) in [4.78, 5) is 15.2. The maximum atomic E-state index is 11.0. The number of rotatable bonds is 6. The van der Waals surface area contributed by atoms with Crippen molar-refractivity contribution in [2.24, 2.45) is 0 Å². The zero-order chi connectivity index (χ0) is 14.5. The first-order valence-corrected chi connectivity index (χ1v) is 7.65. The molecule has 4 nitrogen and oxygen atoms in total. The second-order valence-corrected chi connectivity index (χ2v) is 5.75. The van der Waals surface area contributed by atoms with Gasteiger partial charge >= 0.3 is 5.97 Å². The molecule has 1 heterocycles. The molecule has 1 aromatic carbocycles. The summed E-state index contributed by atoms with van der Waals surface area (Å²) >= 11 is 7.70. The minimum atomic E-state index is -1.01. The summed E-state index contributed by atoms with van der Waals surface area (Å²) in [6.45, 7) is 2.60. The fourth-order valence-electron chi connectivity index (χ4n) is 1.73. The van der Waals surface area contributed by atoms with Crippen LogP contribution in [0.5, 0.6) is 0 Å². The van der Waals surface area contributed by atoms with Crippen molar-refractivity contribution in [2.75, 3.05) is 5.75 Å². The Morgan fingerprint density at radius 3 is 2.85 bits per heavy atom. The predicted molar refractivity (Wildman–Crippen MR) is 80.8 cm³/mol. The minimum Gasteiger partial charge on any atom is -0.476 e. The van der Waals surface area contributed by atoms with Gasteiger partial charge < -0.3 is 9.67 Å². The molecule has 0 aliphatic carbocycles. The summed E-state index contributed by atoms with van der Waals surface area (Å²) in [5, 5.41) is 10.4. The van der Waals surface area contributed by atoms with Crippen LogP contribution in [0.15, 0.2) is 35.6 Å². The quantitative estimate of drug-likeness (QED) is 0.825. The van der Waals surface area contributed by atoms with E-state index < -0.39 is 5.97 Å². The highest BCUT2D eigenvalue weighted by Gasteiger charge is 2.14. The molecule has 1 N–H and O–H groups in total. The Bertz CT molecular complexity index is 613. The van der Waals surface area contributed by atoms with Crippen molar-refractivity contribution in [3.8, 4) is 0 Å². The van der Waals surface area contributed by atoms with Gasteiger partial charge in [-0.25, -0.2) is 9.78 Å². The van der Waals surface area contributed by atoms with E-state index in [4.69, 9.17) is 16.7 Å². The van der Waals surface area contributed by atoms with Gasteiger partial charge in [0, 0.05) is 17.0 Å². The van der Waals surface area contributed by atoms with Crippen molar-refractivity contribution in [3.05, 3.63) is 46.7 Å². The number of hydrogen-bond acceptors (Lipinski definition) is 3. The van der Waals surface area contributed by atoms with Gasteiger partial charge in [-0.3, -0.25) is 0 Å². The van der Waals surface area contributed by atoms with Gasteiger partial charge in [0.1, 0.15) is 0 Å². The van der Waals surface area contributed by atoms with Crippen LogP contribution in [0.25, 0.3) is 0 Å². The second kappa shape index (κ2) is 6.81. The third-order valence-corrected chi connectivity index (χ3v) is 4.26. The molecule has 0 bridgehead atoms. The molecule has 0 aliphatic heterocycles. The van der Waals surface area contributed by atoms with Crippen LogP contribution in [-0.2, 0) is 6.54 Å². The number of carboxylic acids is 1. The number of imidazole rings is 1. The first kappa shape index (κ1) is 14.9. The van der Waals surface area contributed by atoms with Crippen LogP contribution in [-0.4, -0.2) is 26.4 Å². The highest BCUT2D eigenvalue weighted by Crippen LogP contribution is 2.22. The summed E-state index contributed by atoms with van der Waals surface area (Å²) in [5.41, 5.74) is 1.01. The zero-order valence-electron chi connectivity index (χ0n) is 11.0. The molecule has 0 amide bonds. The topological polar surface area (TPSA) is 55.1 Å². The molecule has 0 spiro atoms. The fourth-order valence-corrected chi connectivity index (χ4v) is 2.76. The number of hydrogen-bond donors (Lipinski definition) is 1. The standard InChI is InChI=1S/C14H15ClN2O2S/c1-2-7-20-14-16-12(13(18)19)9-17(14)8-10-5-3-4-6-11(10)15/h3-6,9H,2,7-8H2,1H3,(H,18,19). The molecule has 0 fully saturated rings. The monoisotopic (exact) mass is 310 g/mol. The van der Waals surface area contributed by atoms with E-state index in [9.17, 15) is 4.79 Å². The Hall–Kier alpha value is -1.46. The van der Waals surface area contributed by atoms with Crippen LogP contribution in [0.2, 0.25) is 5.02 Å². The molecular weight excluding hydrogens is 296 g/mol. The van der Waals surface area contributed by atoms with Crippen LogP contribution in [0, 0.1) is 0 Å². The SMILES string of the molecule is CCCSc1nc(C(=O)O)cn1Cc1ccccc1Cl. The summed E-state index contributed by atoms with van der Waals surface area (Å²) in [7, 11) is 0. The van der Waals surface area contributed by atoms with Crippen LogP contribution < -0.4 is 0 Å². The number of aromatic carboxylic acids is 1. The number of carboxylic acid groups (broad SMARTS) is 1. The lowest BCUT2D eigenvalue weighted by atomic mass is 10.2. The second-order valence-electron chi connectivity index (χ2n) is 4.28. The molecule has 0 aliphatic rings. The van der Waals surface area contributed by atoms with Gasteiger partial charge in [-0.05, 0) is 18.1 Å². The van der Waals surface area contributed by atoms with Gasteiger partial charge in [0.05, 0.1) is 6.54 Å². The van der Waals surface area contributed by atoms with E-state index in [-0.39, 0.29) is 5.69 Å². The highest BCUT2D eigenvalue weighted by atomic mass is 35.5. The third kappa shape index (κ3) is 3.55. The predicted octanol–water partition coefficient (Wildman–Crippen LogP) is 3.79. The smallest absolute Gasteiger partial charge is 0.356 e. The maximum absolute atomic E-state index is 11.0. The van der Waals surface area contributed by atoms with Gasteiger partial charge in [0.25, 0.3) is 0 Å². The van der Waals surface area contributed by atoms with Crippen molar-refractivity contribution >= 4 is 29.3 Å². The number of nitrogens with zero attached hydrogens (tertiary/aromatic N) is 2. The molecule has 2 aromatic rings. The normalized spacial score (nSPS) is 10.7. The molecule has 0 unspecified atom stereocenters. The average molecular weight is 311 g/mol. The van der Waals surface area contributed by atoms with E-state index in [0.29, 0.717) is 16.7 Å². The summed E-state index contributed by atoms with van der Waals surface area (Å²) in [5.74, 6) is -0.111. The first-order chi connectivity index (χ1) is 9.61. The molecule has 6 heteroatoms. The molecule has 0 atom stereocenters. The van der Waals surface area contributed by atoms with Crippen molar-refractivity contribution in [1.29, 1.82) is 0 Å². The third-order valence-electron chi connectivity index (χ3n) is 2.69. The van der Waals surface area contributed by atoms with Crippen LogP contribution in [0.1, 0.15) is 29.4 Å². The number of benzene rings is 1. The zero-order valence-corrected chi connectivity index (χ0v) is 12.6. The summed E-state index contributed by atoms with van der Waals surface area (Å²) in [6, 6.07) is 7.53. The number of thioether (sulfide) groups is 1. The summed E-state index contributed by atoms with van der Waals surface area (Å²) in [6.07, 6.45) is 2.57. The number of halogens is 1. The Kier molecular flexibility index (Phi) is 5.09. The lowest BCUT2D eigenvalue weighted by molar-refractivity contribution is 0.0690. The lowest BCUT2D eigenvalue weighted by Crippen LogP contribution is -2.01. The molecular formula is C14H15ClN2O2S. The average Bonchev–Trinajstić information content (AvgIpc) is 2.82. The minimum absolute atomic E-state index is 0.0654. The Balaban J connectivity index is 2.29. The van der Waals surface area contributed by atoms with E-state index in [0.717, 1.165) is 17.7 Å². The molecule has 2 rings (SSSR count). The van der Waals surface area contributed by atoms with E-state index in [1.807, 2.05) is 28.8 Å². The van der Waals surface area contributed by atoms with Crippen molar-refractivity contribution in [3.63, 3.8) is 0 Å². The Labute approximate surface area is 126 Å². The number of carbonyl (C=O) groups is 1. The maximum Gasteiger partial charge on any atom is 0.356 e. The van der Waals surface area contributed by atoms with Crippen molar-refractivity contribution in [1.82, 2.24) is 9.55 Å². The largest absolute Gasteiger partial charge is 0.476 e. The Morgan fingerprint density at radius 2 is 2.20 bits per heavy atom. The van der Waals surface area contributed by atoms with E-state index in [1.165, 1.54) is 0 Å². The van der Waals surface area contributed by atoms with E-state index in [1.54, 1.807) is 18.0 Å². The van der Waals surface area contributed by atoms with Crippen molar-refractivity contribution < 1.29 is 9.90 Å². The highest BCUT2D eigenvalue weighted by molar-refractivity contribution is 7.99. The molecule has 106 valence electrons. The molecule has 0 saturated carbocycles. The fraction of sp³-hybridized carbons (Fsp3) is 0.286. The van der Waals surface area contributed by atoms with Crippen molar-refractivity contribution in [2.45, 2.75) is 25.0 Å². The van der Waals surface area contributed by atoms with E-state index in [2.05, 4.69) is 11.9 Å². The van der Waals surface area contributed by atoms with Crippen LogP contribution in [0.4, 0.5) is 0 Å². The molecule has 1 aromatic heterocycles. The molecule has 0 radical (unpaired) electrons. The van der Waals surface area contributed by atoms with Crippen LogP contribution in [0.3, 0.4) is 0 Å². The van der Waals surface area contributed by atoms with Gasteiger partial charge in [0.2, 0.25) is 0 Å². The molecule has 20 heavy (non-hydrogen) atoms.